The van der Waals surface area contributed by atoms with Gasteiger partial charge in [0.05, 0.1) is 22.3 Å². The molecule has 0 radical (unpaired) electrons. The number of hydrogen-bond acceptors (Lipinski definition) is 4. The van der Waals surface area contributed by atoms with Crippen LogP contribution in [-0.2, 0) is 11.2 Å². The van der Waals surface area contributed by atoms with E-state index >= 15 is 0 Å². The number of hydrogen-bond donors (Lipinski definition) is 1. The number of aromatic nitrogens is 3. The van der Waals surface area contributed by atoms with Crippen molar-refractivity contribution < 1.29 is 9.18 Å². The van der Waals surface area contributed by atoms with Gasteiger partial charge >= 0.3 is 0 Å². The molecule has 2 heterocycles. The molecule has 5 nitrogen and oxygen atoms in total. The topological polar surface area (TPSA) is 59.8 Å². The highest BCUT2D eigenvalue weighted by molar-refractivity contribution is 7.20. The van der Waals surface area contributed by atoms with Gasteiger partial charge in [-0.1, -0.05) is 53.8 Å². The molecule has 5 aromatic rings. The van der Waals surface area contributed by atoms with E-state index < -0.39 is 0 Å². The summed E-state index contributed by atoms with van der Waals surface area (Å²) in [4.78, 5) is 17.2. The third-order valence-electron chi connectivity index (χ3n) is 4.80. The quantitative estimate of drug-likeness (QED) is 0.435. The SMILES string of the molecule is Cc1cc(NC(=O)Cc2ccc3ccccc3c2)n(-c2nc3ccc(F)cc3s2)n1. The van der Waals surface area contributed by atoms with Gasteiger partial charge in [0.1, 0.15) is 11.6 Å². The first-order chi connectivity index (χ1) is 14.5. The van der Waals surface area contributed by atoms with Crippen LogP contribution < -0.4 is 5.32 Å². The van der Waals surface area contributed by atoms with E-state index in [1.54, 1.807) is 16.8 Å². The largest absolute Gasteiger partial charge is 0.310 e. The van der Waals surface area contributed by atoms with E-state index in [1.807, 2.05) is 49.4 Å². The zero-order valence-corrected chi connectivity index (χ0v) is 16.9. The fraction of sp³-hybridized carbons (Fsp3) is 0.0870. The number of benzene rings is 3. The predicted molar refractivity (Wildman–Crippen MR) is 118 cm³/mol. The van der Waals surface area contributed by atoms with Gasteiger partial charge in [-0.2, -0.15) is 9.78 Å². The van der Waals surface area contributed by atoms with Gasteiger partial charge in [0.2, 0.25) is 11.0 Å². The van der Waals surface area contributed by atoms with Crippen LogP contribution in [0, 0.1) is 12.7 Å². The van der Waals surface area contributed by atoms with Crippen molar-refractivity contribution in [2.45, 2.75) is 13.3 Å². The fourth-order valence-electron chi connectivity index (χ4n) is 3.43. The van der Waals surface area contributed by atoms with Gasteiger partial charge in [-0.25, -0.2) is 9.37 Å². The third kappa shape index (κ3) is 3.55. The van der Waals surface area contributed by atoms with Gasteiger partial charge in [-0.3, -0.25) is 4.79 Å². The summed E-state index contributed by atoms with van der Waals surface area (Å²) in [5, 5.41) is 10.2. The number of aryl methyl sites for hydroxylation is 1. The van der Waals surface area contributed by atoms with Crippen LogP contribution in [0.5, 0.6) is 0 Å². The Morgan fingerprint density at radius 3 is 2.77 bits per heavy atom. The number of thiazole rings is 1. The van der Waals surface area contributed by atoms with Crippen LogP contribution in [0.1, 0.15) is 11.3 Å². The first kappa shape index (κ1) is 18.4. The highest BCUT2D eigenvalue weighted by Gasteiger charge is 2.15. The lowest BCUT2D eigenvalue weighted by Gasteiger charge is -2.07. The molecule has 0 aliphatic heterocycles. The van der Waals surface area contributed by atoms with Crippen LogP contribution in [0.4, 0.5) is 10.2 Å². The Bertz CT molecular complexity index is 1410. The number of anilines is 1. The molecule has 1 amide bonds. The Balaban J connectivity index is 1.40. The van der Waals surface area contributed by atoms with E-state index in [4.69, 9.17) is 0 Å². The molecule has 0 saturated carbocycles. The van der Waals surface area contributed by atoms with Crippen molar-refractivity contribution in [3.8, 4) is 5.13 Å². The lowest BCUT2D eigenvalue weighted by molar-refractivity contribution is -0.115. The third-order valence-corrected chi connectivity index (χ3v) is 5.79. The smallest absolute Gasteiger partial charge is 0.229 e. The van der Waals surface area contributed by atoms with Crippen LogP contribution in [0.15, 0.2) is 66.7 Å². The Labute approximate surface area is 175 Å². The number of carbonyl (C=O) groups excluding carboxylic acids is 1. The summed E-state index contributed by atoms with van der Waals surface area (Å²) in [5.41, 5.74) is 2.38. The summed E-state index contributed by atoms with van der Waals surface area (Å²) in [6, 6.07) is 20.3. The summed E-state index contributed by atoms with van der Waals surface area (Å²) >= 11 is 1.32. The van der Waals surface area contributed by atoms with Gasteiger partial charge in [-0.15, -0.1) is 0 Å². The first-order valence-corrected chi connectivity index (χ1v) is 10.3. The molecule has 0 fully saturated rings. The van der Waals surface area contributed by atoms with Crippen LogP contribution in [0.3, 0.4) is 0 Å². The van der Waals surface area contributed by atoms with Gasteiger partial charge < -0.3 is 5.32 Å². The van der Waals surface area contributed by atoms with E-state index in [0.29, 0.717) is 16.5 Å². The molecule has 0 unspecified atom stereocenters. The zero-order valence-electron chi connectivity index (χ0n) is 16.1. The molecule has 1 N–H and O–H groups in total. The summed E-state index contributed by atoms with van der Waals surface area (Å²) in [6.45, 7) is 1.85. The van der Waals surface area contributed by atoms with Crippen LogP contribution in [-0.4, -0.2) is 20.7 Å². The number of fused-ring (bicyclic) bond motifs is 2. The summed E-state index contributed by atoms with van der Waals surface area (Å²) < 4.78 is 15.8. The van der Waals surface area contributed by atoms with Crippen LogP contribution in [0.2, 0.25) is 0 Å². The minimum Gasteiger partial charge on any atom is -0.310 e. The first-order valence-electron chi connectivity index (χ1n) is 9.46. The van der Waals surface area contributed by atoms with Crippen molar-refractivity contribution in [2.24, 2.45) is 0 Å². The van der Waals surface area contributed by atoms with E-state index in [0.717, 1.165) is 26.7 Å². The Hall–Kier alpha value is -3.58. The average molecular weight is 416 g/mol. The van der Waals surface area contributed by atoms with E-state index in [2.05, 4.69) is 15.4 Å². The van der Waals surface area contributed by atoms with Gasteiger partial charge in [0, 0.05) is 6.07 Å². The van der Waals surface area contributed by atoms with E-state index in [1.165, 1.54) is 23.5 Å². The fourth-order valence-corrected chi connectivity index (χ4v) is 4.39. The standard InChI is InChI=1S/C23H17FN4OS/c1-14-10-21(28(27-14)23-25-19-9-8-18(24)13-20(19)30-23)26-22(29)12-15-6-7-16-4-2-3-5-17(16)11-15/h2-11,13H,12H2,1H3,(H,26,29). The normalized spacial score (nSPS) is 11.3. The second-order valence-corrected chi connectivity index (χ2v) is 8.11. The second kappa shape index (κ2) is 7.35. The summed E-state index contributed by atoms with van der Waals surface area (Å²) in [6.07, 6.45) is 0.250. The highest BCUT2D eigenvalue weighted by Crippen LogP contribution is 2.28. The lowest BCUT2D eigenvalue weighted by atomic mass is 10.1. The molecule has 148 valence electrons. The van der Waals surface area contributed by atoms with Crippen molar-refractivity contribution in [1.29, 1.82) is 0 Å². The number of rotatable bonds is 4. The molecule has 5 rings (SSSR count). The minimum atomic E-state index is -0.307. The Morgan fingerprint density at radius 2 is 1.90 bits per heavy atom. The molecule has 0 atom stereocenters. The molecule has 0 bridgehead atoms. The predicted octanol–water partition coefficient (Wildman–Crippen LogP) is 5.26. The molecular weight excluding hydrogens is 399 g/mol. The van der Waals surface area contributed by atoms with E-state index in [9.17, 15) is 9.18 Å². The Kier molecular flexibility index (Phi) is 4.52. The minimum absolute atomic E-state index is 0.140. The summed E-state index contributed by atoms with van der Waals surface area (Å²) in [7, 11) is 0. The zero-order chi connectivity index (χ0) is 20.7. The number of amides is 1. The maximum Gasteiger partial charge on any atom is 0.229 e. The molecule has 0 spiro atoms. The number of halogens is 1. The monoisotopic (exact) mass is 416 g/mol. The lowest BCUT2D eigenvalue weighted by Crippen LogP contribution is -2.17. The Morgan fingerprint density at radius 1 is 1.07 bits per heavy atom. The van der Waals surface area contributed by atoms with Crippen molar-refractivity contribution in [3.63, 3.8) is 0 Å². The van der Waals surface area contributed by atoms with Crippen LogP contribution >= 0.6 is 11.3 Å². The van der Waals surface area contributed by atoms with Crippen LogP contribution in [0.25, 0.3) is 26.1 Å². The average Bonchev–Trinajstić information content (AvgIpc) is 3.30. The summed E-state index contributed by atoms with van der Waals surface area (Å²) in [5.74, 6) is 0.0923. The van der Waals surface area contributed by atoms with Crippen molar-refractivity contribution in [2.75, 3.05) is 5.32 Å². The maximum absolute atomic E-state index is 13.5. The van der Waals surface area contributed by atoms with Gasteiger partial charge in [-0.05, 0) is 41.5 Å². The molecule has 2 aromatic heterocycles. The number of nitrogens with one attached hydrogen (secondary N) is 1. The van der Waals surface area contributed by atoms with Crippen molar-refractivity contribution >= 4 is 44.1 Å². The second-order valence-electron chi connectivity index (χ2n) is 7.10. The van der Waals surface area contributed by atoms with E-state index in [-0.39, 0.29) is 18.1 Å². The maximum atomic E-state index is 13.5. The molecule has 0 aliphatic rings. The number of nitrogens with zero attached hydrogens (tertiary/aromatic N) is 3. The van der Waals surface area contributed by atoms with Gasteiger partial charge in [0.25, 0.3) is 0 Å². The molecule has 7 heteroatoms. The van der Waals surface area contributed by atoms with Crippen molar-refractivity contribution in [1.82, 2.24) is 14.8 Å². The molecule has 30 heavy (non-hydrogen) atoms. The molecule has 3 aromatic carbocycles. The number of carbonyl (C=O) groups is 1. The van der Waals surface area contributed by atoms with Crippen molar-refractivity contribution in [3.05, 3.63) is 83.8 Å². The molecule has 0 aliphatic carbocycles. The van der Waals surface area contributed by atoms with Gasteiger partial charge in [0.15, 0.2) is 0 Å². The molecular formula is C23H17FN4OS. The molecule has 0 saturated heterocycles. The highest BCUT2D eigenvalue weighted by atomic mass is 32.1.